The first-order chi connectivity index (χ1) is 51.4. The highest BCUT2D eigenvalue weighted by atomic mass is 16.5. The Balaban J connectivity index is 0.735. The zero-order chi connectivity index (χ0) is 73.3. The lowest BCUT2D eigenvalue weighted by molar-refractivity contribution is -0.441. The molecule has 0 bridgehead atoms. The molecule has 106 heavy (non-hydrogen) atoms. The highest BCUT2D eigenvalue weighted by Crippen LogP contribution is 2.55. The van der Waals surface area contributed by atoms with Crippen LogP contribution in [-0.2, 0) is 58.5 Å². The van der Waals surface area contributed by atoms with Crippen LogP contribution in [0.1, 0.15) is 129 Å². The van der Waals surface area contributed by atoms with Gasteiger partial charge in [-0.15, -0.1) is 0 Å². The number of anilines is 2. The Morgan fingerprint density at radius 1 is 0.462 bits per heavy atom. The van der Waals surface area contributed by atoms with Crippen molar-refractivity contribution in [1.29, 1.82) is 0 Å². The van der Waals surface area contributed by atoms with Crippen LogP contribution in [0.3, 0.4) is 0 Å². The molecule has 12 aromatic rings. The quantitative estimate of drug-likeness (QED) is 0.0420. The van der Waals surface area contributed by atoms with Crippen molar-refractivity contribution in [2.45, 2.75) is 129 Å². The predicted molar refractivity (Wildman–Crippen MR) is 452 cm³/mol. The lowest BCUT2D eigenvalue weighted by Crippen LogP contribution is -2.34. The van der Waals surface area contributed by atoms with Gasteiger partial charge in [0.05, 0.1) is 5.41 Å². The van der Waals surface area contributed by atoms with E-state index >= 15 is 0 Å². The molecule has 0 fully saturated rings. The first-order valence-electron chi connectivity index (χ1n) is 38.9. The molecule has 0 aliphatic carbocycles. The highest BCUT2D eigenvalue weighted by molar-refractivity contribution is 6.08. The van der Waals surface area contributed by atoms with E-state index in [9.17, 15) is 0 Å². The molecule has 3 aliphatic rings. The lowest BCUT2D eigenvalue weighted by atomic mass is 9.69. The van der Waals surface area contributed by atoms with Crippen molar-refractivity contribution in [2.24, 2.45) is 11.8 Å². The van der Waals surface area contributed by atoms with Gasteiger partial charge in [-0.2, -0.15) is 4.58 Å². The van der Waals surface area contributed by atoms with E-state index in [4.69, 9.17) is 11.3 Å². The third-order valence-electron chi connectivity index (χ3n) is 24.0. The fourth-order valence-corrected chi connectivity index (χ4v) is 18.7. The van der Waals surface area contributed by atoms with E-state index in [1.54, 1.807) is 0 Å². The van der Waals surface area contributed by atoms with E-state index in [-0.39, 0.29) is 16.2 Å². The van der Waals surface area contributed by atoms with Crippen LogP contribution in [-0.4, -0.2) is 43.6 Å². The molecule has 0 N–H and O–H groups in total. The van der Waals surface area contributed by atoms with E-state index in [1.165, 1.54) is 138 Å². The monoisotopic (exact) mass is 1390 g/mol. The van der Waals surface area contributed by atoms with Crippen LogP contribution in [0.5, 0.6) is 0 Å². The fourth-order valence-electron chi connectivity index (χ4n) is 18.7. The minimum atomic E-state index is -0.443. The number of methoxy groups -OCH3 is 1. The first kappa shape index (κ1) is 71.2. The molecule has 4 heteroatoms. The lowest BCUT2D eigenvalue weighted by Gasteiger charge is -2.34. The number of fused-ring (bicyclic) bond motifs is 10. The van der Waals surface area contributed by atoms with Gasteiger partial charge < -0.3 is 14.5 Å². The Morgan fingerprint density at radius 2 is 0.877 bits per heavy atom. The maximum Gasteiger partial charge on any atom is 0.210 e. The molecule has 0 radical (unpaired) electrons. The maximum absolute atomic E-state index is 5.95. The molecule has 4 nitrogen and oxygen atoms in total. The predicted octanol–water partition coefficient (Wildman–Crippen LogP) is 24.5. The molecule has 0 saturated carbocycles. The topological polar surface area (TPSA) is 18.7 Å². The summed E-state index contributed by atoms with van der Waals surface area (Å²) >= 11 is 0. The number of allylic oxidation sites excluding steroid dienone is 9. The Kier molecular flexibility index (Phi) is 20.1. The van der Waals surface area contributed by atoms with Crippen LogP contribution < -0.4 is 9.80 Å². The van der Waals surface area contributed by atoms with Crippen LogP contribution in [0.25, 0.3) is 43.1 Å². The van der Waals surface area contributed by atoms with E-state index in [0.29, 0.717) is 18.4 Å². The zero-order valence-electron chi connectivity index (χ0n) is 64.1. The first-order valence-corrected chi connectivity index (χ1v) is 38.9. The molecule has 532 valence electrons. The van der Waals surface area contributed by atoms with Crippen molar-refractivity contribution < 1.29 is 9.31 Å². The van der Waals surface area contributed by atoms with Gasteiger partial charge in [-0.3, -0.25) is 0 Å². The summed E-state index contributed by atoms with van der Waals surface area (Å²) in [5.74, 6) is 1.12. The van der Waals surface area contributed by atoms with Gasteiger partial charge in [0.1, 0.15) is 6.61 Å². The van der Waals surface area contributed by atoms with Crippen molar-refractivity contribution in [3.8, 4) is 0 Å². The van der Waals surface area contributed by atoms with E-state index in [2.05, 4.69) is 368 Å². The molecular formula is C102H104N3O+. The summed E-state index contributed by atoms with van der Waals surface area (Å²) in [7, 11) is 1.83. The number of ether oxygens (including phenoxy) is 1. The average molecular weight is 1390 g/mol. The third-order valence-corrected chi connectivity index (χ3v) is 24.0. The molecule has 0 saturated heterocycles. The van der Waals surface area contributed by atoms with E-state index in [1.807, 2.05) is 7.11 Å². The van der Waals surface area contributed by atoms with Gasteiger partial charge in [0, 0.05) is 76.9 Å². The summed E-state index contributed by atoms with van der Waals surface area (Å²) in [6, 6.07) is 95.9. The molecule has 4 unspecified atom stereocenters. The average Bonchev–Trinajstić information content (AvgIpc) is 1.57. The molecule has 0 amide bonds. The van der Waals surface area contributed by atoms with Crippen LogP contribution in [0, 0.1) is 18.8 Å². The van der Waals surface area contributed by atoms with Gasteiger partial charge in [0.25, 0.3) is 0 Å². The Morgan fingerprint density at radius 3 is 1.39 bits per heavy atom. The summed E-state index contributed by atoms with van der Waals surface area (Å²) in [6.45, 7) is 29.9. The molecule has 4 atom stereocenters. The number of hydrogen-bond donors (Lipinski definition) is 0. The maximum atomic E-state index is 5.95. The van der Waals surface area contributed by atoms with Gasteiger partial charge in [0.15, 0.2) is 12.3 Å². The molecule has 0 spiro atoms. The Bertz CT molecular complexity index is 5420. The highest BCUT2D eigenvalue weighted by Gasteiger charge is 2.50. The SMILES string of the molecule is C=C(/C=C/C=C1/N(CCC(C)C)c2ccc3ccccc3c2C1(C)Cc1ccccc1)C(C)(Cc1ccc(Cc2ccc(CC3(C)C(/C=C/C=C4/N(CCC(C)C)c5ccc6ccccc6c5C4(C)Cc4ccccc4)=[N+](CCOC)c4ccc5ccccc5c43)cc2)cc1)c1c(C)ccc2ccccc12. The van der Waals surface area contributed by atoms with Crippen molar-refractivity contribution in [3.05, 3.63) is 376 Å². The smallest absolute Gasteiger partial charge is 0.210 e. The van der Waals surface area contributed by atoms with Crippen LogP contribution >= 0.6 is 0 Å². The molecule has 15 rings (SSSR count). The minimum Gasteiger partial charge on any atom is -0.378 e. The normalized spacial score (nSPS) is 19.2. The molecule has 3 aliphatic heterocycles. The molecule has 3 heterocycles. The Hall–Kier alpha value is -10.4. The van der Waals surface area contributed by atoms with Crippen LogP contribution in [0.15, 0.2) is 315 Å². The van der Waals surface area contributed by atoms with Crippen molar-refractivity contribution in [1.82, 2.24) is 0 Å². The summed E-state index contributed by atoms with van der Waals surface area (Å²) in [4.78, 5) is 5.30. The number of benzene rings is 12. The number of nitrogens with zero attached hydrogens (tertiary/aromatic N) is 3. The van der Waals surface area contributed by atoms with E-state index < -0.39 is 5.41 Å². The van der Waals surface area contributed by atoms with Gasteiger partial charge in [0.2, 0.25) is 5.69 Å². The second-order valence-corrected chi connectivity index (χ2v) is 32.4. The molecule has 12 aromatic carbocycles. The van der Waals surface area contributed by atoms with Gasteiger partial charge in [-0.25, -0.2) is 0 Å². The summed E-state index contributed by atoms with van der Waals surface area (Å²) in [5, 5.41) is 10.3. The van der Waals surface area contributed by atoms with Crippen LogP contribution in [0.4, 0.5) is 17.1 Å². The molecular weight excluding hydrogens is 1280 g/mol. The number of aryl methyl sites for hydroxylation is 1. The summed E-state index contributed by atoms with van der Waals surface area (Å²) < 4.78 is 8.51. The third kappa shape index (κ3) is 13.5. The second kappa shape index (κ2) is 29.9. The Labute approximate surface area is 631 Å². The summed E-state index contributed by atoms with van der Waals surface area (Å²) in [5.41, 5.74) is 22.3. The van der Waals surface area contributed by atoms with Crippen LogP contribution in [0.2, 0.25) is 0 Å². The fraction of sp³-hybridized carbons (Fsp3) is 0.265. The van der Waals surface area contributed by atoms with Gasteiger partial charge >= 0.3 is 0 Å². The largest absolute Gasteiger partial charge is 0.378 e. The van der Waals surface area contributed by atoms with E-state index in [0.717, 1.165) is 70.2 Å². The minimum absolute atomic E-state index is 0.285. The standard InChI is InChI=1S/C102H104N3O/c1-71(2)60-62-103-89-57-54-82-34-19-23-38-86(82)96(89)100(8,68-77-29-14-12-15-30-77)92(103)41-26-28-74(6)99(7,95-73(5)44-53-81-33-18-22-37-85(81)95)67-79-49-45-75(46-50-79)66-76-47-51-80(52-48-76)70-102(10)94(105(64-65-106-11)91-59-56-84-36-21-25-40-88(84)98(91)102)43-27-42-93-101(9,69-78-31-16-13-17-32-78)97-87-39-24-20-35-83(87)55-58-90(97)104(93)63-61-72(3)4/h12-59,71-72H,6,60-70H2,1-5,7-11H3/q+1/b28-26+,92-41+. The zero-order valence-corrected chi connectivity index (χ0v) is 64.1. The number of rotatable bonds is 25. The van der Waals surface area contributed by atoms with Crippen molar-refractivity contribution in [2.75, 3.05) is 43.2 Å². The second-order valence-electron chi connectivity index (χ2n) is 32.4. The summed E-state index contributed by atoms with van der Waals surface area (Å²) in [6.07, 6.45) is 20.8. The van der Waals surface area contributed by atoms with Crippen molar-refractivity contribution in [3.63, 3.8) is 0 Å². The van der Waals surface area contributed by atoms with Gasteiger partial charge in [-0.1, -0.05) is 290 Å². The van der Waals surface area contributed by atoms with Gasteiger partial charge in [-0.05, 0) is 219 Å². The molecule has 0 aromatic heterocycles. The van der Waals surface area contributed by atoms with Crippen molar-refractivity contribution >= 4 is 65.9 Å². The number of hydrogen-bond acceptors (Lipinski definition) is 3.